The summed E-state index contributed by atoms with van der Waals surface area (Å²) in [4.78, 5) is 11.7. The van der Waals surface area contributed by atoms with Gasteiger partial charge >= 0.3 is 0 Å². The highest BCUT2D eigenvalue weighted by Crippen LogP contribution is 2.20. The fourth-order valence-electron chi connectivity index (χ4n) is 1.10. The Bertz CT molecular complexity index is 514. The molecule has 4 nitrogen and oxygen atoms in total. The Kier molecular flexibility index (Phi) is 3.45. The first-order chi connectivity index (χ1) is 7.66. The van der Waals surface area contributed by atoms with E-state index in [0.29, 0.717) is 16.4 Å². The lowest BCUT2D eigenvalue weighted by atomic mass is 10.2. The van der Waals surface area contributed by atoms with E-state index in [-0.39, 0.29) is 5.91 Å². The van der Waals surface area contributed by atoms with Crippen molar-refractivity contribution in [3.05, 3.63) is 44.7 Å². The molecule has 0 aliphatic rings. The lowest BCUT2D eigenvalue weighted by Crippen LogP contribution is -2.12. The van der Waals surface area contributed by atoms with Crippen LogP contribution in [0.5, 0.6) is 0 Å². The van der Waals surface area contributed by atoms with Crippen molar-refractivity contribution in [2.45, 2.75) is 0 Å². The SMILES string of the molecule is O=C(Nc1ccon1)c1ccc(I)c(Cl)c1. The normalized spacial score (nSPS) is 10.1. The number of carbonyl (C=O) groups excluding carboxylic acids is 1. The van der Waals surface area contributed by atoms with Gasteiger partial charge in [-0.3, -0.25) is 4.79 Å². The van der Waals surface area contributed by atoms with Gasteiger partial charge in [-0.2, -0.15) is 0 Å². The van der Waals surface area contributed by atoms with Crippen LogP contribution in [-0.4, -0.2) is 11.1 Å². The van der Waals surface area contributed by atoms with Crippen molar-refractivity contribution < 1.29 is 9.32 Å². The molecule has 0 saturated carbocycles. The van der Waals surface area contributed by atoms with E-state index < -0.39 is 0 Å². The molecule has 0 spiro atoms. The molecule has 0 radical (unpaired) electrons. The molecule has 16 heavy (non-hydrogen) atoms. The Balaban J connectivity index is 2.18. The Morgan fingerprint density at radius 2 is 2.25 bits per heavy atom. The van der Waals surface area contributed by atoms with Gasteiger partial charge in [0.2, 0.25) is 0 Å². The Morgan fingerprint density at radius 3 is 2.88 bits per heavy atom. The van der Waals surface area contributed by atoms with Crippen LogP contribution in [-0.2, 0) is 0 Å². The largest absolute Gasteiger partial charge is 0.363 e. The van der Waals surface area contributed by atoms with Gasteiger partial charge in [0.15, 0.2) is 5.82 Å². The number of benzene rings is 1. The average molecular weight is 349 g/mol. The Morgan fingerprint density at radius 1 is 1.44 bits per heavy atom. The van der Waals surface area contributed by atoms with Crippen LogP contribution in [0.4, 0.5) is 5.82 Å². The van der Waals surface area contributed by atoms with E-state index in [2.05, 4.69) is 37.6 Å². The smallest absolute Gasteiger partial charge is 0.256 e. The second kappa shape index (κ2) is 4.84. The number of hydrogen-bond acceptors (Lipinski definition) is 3. The van der Waals surface area contributed by atoms with Gasteiger partial charge in [-0.05, 0) is 40.8 Å². The lowest BCUT2D eigenvalue weighted by molar-refractivity contribution is 0.102. The van der Waals surface area contributed by atoms with Gasteiger partial charge in [0.05, 0.1) is 5.02 Å². The number of rotatable bonds is 2. The van der Waals surface area contributed by atoms with Crippen molar-refractivity contribution in [1.82, 2.24) is 5.16 Å². The first kappa shape index (κ1) is 11.4. The number of amides is 1. The topological polar surface area (TPSA) is 55.1 Å². The van der Waals surface area contributed by atoms with Crippen molar-refractivity contribution in [3.8, 4) is 0 Å². The number of nitrogens with zero attached hydrogens (tertiary/aromatic N) is 1. The third kappa shape index (κ3) is 2.53. The highest BCUT2D eigenvalue weighted by molar-refractivity contribution is 14.1. The van der Waals surface area contributed by atoms with E-state index in [9.17, 15) is 4.79 Å². The van der Waals surface area contributed by atoms with Gasteiger partial charge in [-0.25, -0.2) is 0 Å². The molecule has 1 amide bonds. The van der Waals surface area contributed by atoms with Crippen LogP contribution in [0, 0.1) is 3.57 Å². The molecular formula is C10H6ClIN2O2. The fourth-order valence-corrected chi connectivity index (χ4v) is 1.62. The van der Waals surface area contributed by atoms with E-state index in [1.807, 2.05) is 0 Å². The molecule has 1 heterocycles. The van der Waals surface area contributed by atoms with E-state index >= 15 is 0 Å². The van der Waals surface area contributed by atoms with Crippen molar-refractivity contribution in [2.24, 2.45) is 0 Å². The minimum Gasteiger partial charge on any atom is -0.363 e. The third-order valence-corrected chi connectivity index (χ3v) is 3.43. The van der Waals surface area contributed by atoms with Crippen molar-refractivity contribution in [3.63, 3.8) is 0 Å². The number of nitrogens with one attached hydrogen (secondary N) is 1. The van der Waals surface area contributed by atoms with Crippen LogP contribution in [0.1, 0.15) is 10.4 Å². The van der Waals surface area contributed by atoms with E-state index in [1.165, 1.54) is 6.26 Å². The van der Waals surface area contributed by atoms with Crippen LogP contribution in [0.2, 0.25) is 5.02 Å². The summed E-state index contributed by atoms with van der Waals surface area (Å²) in [6.45, 7) is 0. The van der Waals surface area contributed by atoms with Gasteiger partial charge < -0.3 is 9.84 Å². The predicted octanol–water partition coefficient (Wildman–Crippen LogP) is 3.18. The molecule has 0 saturated heterocycles. The average Bonchev–Trinajstić information content (AvgIpc) is 2.74. The van der Waals surface area contributed by atoms with E-state index in [4.69, 9.17) is 11.6 Å². The minimum atomic E-state index is -0.271. The molecule has 0 atom stereocenters. The van der Waals surface area contributed by atoms with Crippen LogP contribution in [0.3, 0.4) is 0 Å². The highest BCUT2D eigenvalue weighted by atomic mass is 127. The summed E-state index contributed by atoms with van der Waals surface area (Å²) in [7, 11) is 0. The predicted molar refractivity (Wildman–Crippen MR) is 68.6 cm³/mol. The summed E-state index contributed by atoms with van der Waals surface area (Å²) in [5, 5.41) is 6.71. The second-order valence-corrected chi connectivity index (χ2v) is 4.54. The van der Waals surface area contributed by atoms with Gasteiger partial charge in [0, 0.05) is 15.2 Å². The molecular weight excluding hydrogens is 342 g/mol. The molecule has 6 heteroatoms. The summed E-state index contributed by atoms with van der Waals surface area (Å²) < 4.78 is 5.50. The molecule has 82 valence electrons. The zero-order valence-electron chi connectivity index (χ0n) is 7.91. The standard InChI is InChI=1S/C10H6ClIN2O2/c11-7-5-6(1-2-8(7)12)10(15)13-9-3-4-16-14-9/h1-5H,(H,13,14,15). The maximum Gasteiger partial charge on any atom is 0.256 e. The van der Waals surface area contributed by atoms with Crippen molar-refractivity contribution in [2.75, 3.05) is 5.32 Å². The van der Waals surface area contributed by atoms with Crippen LogP contribution < -0.4 is 5.32 Å². The number of halogens is 2. The van der Waals surface area contributed by atoms with Gasteiger partial charge in [-0.15, -0.1) is 0 Å². The first-order valence-corrected chi connectivity index (χ1v) is 5.79. The fraction of sp³-hybridized carbons (Fsp3) is 0. The van der Waals surface area contributed by atoms with E-state index in [0.717, 1.165) is 3.57 Å². The number of anilines is 1. The summed E-state index contributed by atoms with van der Waals surface area (Å²) in [5.74, 6) is 0.104. The number of hydrogen-bond donors (Lipinski definition) is 1. The first-order valence-electron chi connectivity index (χ1n) is 4.33. The Labute approximate surface area is 110 Å². The molecule has 0 aliphatic carbocycles. The van der Waals surface area contributed by atoms with Gasteiger partial charge in [-0.1, -0.05) is 16.8 Å². The maximum absolute atomic E-state index is 11.7. The van der Waals surface area contributed by atoms with Crippen molar-refractivity contribution >= 4 is 45.9 Å². The van der Waals surface area contributed by atoms with Gasteiger partial charge in [0.25, 0.3) is 5.91 Å². The van der Waals surface area contributed by atoms with Gasteiger partial charge in [0.1, 0.15) is 6.26 Å². The highest BCUT2D eigenvalue weighted by Gasteiger charge is 2.09. The Hall–Kier alpha value is -1.08. The zero-order chi connectivity index (χ0) is 11.5. The van der Waals surface area contributed by atoms with Crippen LogP contribution in [0.25, 0.3) is 0 Å². The minimum absolute atomic E-state index is 0.271. The molecule has 1 aromatic carbocycles. The maximum atomic E-state index is 11.7. The van der Waals surface area contributed by atoms with E-state index in [1.54, 1.807) is 24.3 Å². The molecule has 0 fully saturated rings. The second-order valence-electron chi connectivity index (χ2n) is 2.97. The van der Waals surface area contributed by atoms with Crippen LogP contribution in [0.15, 0.2) is 35.1 Å². The molecule has 2 rings (SSSR count). The molecule has 2 aromatic rings. The zero-order valence-corrected chi connectivity index (χ0v) is 10.8. The third-order valence-electron chi connectivity index (χ3n) is 1.86. The summed E-state index contributed by atoms with van der Waals surface area (Å²) in [6, 6.07) is 6.65. The lowest BCUT2D eigenvalue weighted by Gasteiger charge is -2.02. The van der Waals surface area contributed by atoms with Crippen LogP contribution >= 0.6 is 34.2 Å². The van der Waals surface area contributed by atoms with Crippen molar-refractivity contribution in [1.29, 1.82) is 0 Å². The molecule has 0 unspecified atom stereocenters. The molecule has 1 aromatic heterocycles. The number of aromatic nitrogens is 1. The molecule has 0 aliphatic heterocycles. The monoisotopic (exact) mass is 348 g/mol. The number of carbonyl (C=O) groups is 1. The molecule has 0 bridgehead atoms. The quantitative estimate of drug-likeness (QED) is 0.848. The summed E-state index contributed by atoms with van der Waals surface area (Å²) in [5.41, 5.74) is 0.480. The summed E-state index contributed by atoms with van der Waals surface area (Å²) in [6.07, 6.45) is 1.39. The summed E-state index contributed by atoms with van der Waals surface area (Å²) >= 11 is 8.01. The molecule has 1 N–H and O–H groups in total.